The predicted octanol–water partition coefficient (Wildman–Crippen LogP) is 1.58. The molecule has 0 aromatic rings. The third-order valence-electron chi connectivity index (χ3n) is 1.32. The zero-order valence-corrected chi connectivity index (χ0v) is 8.26. The van der Waals surface area contributed by atoms with E-state index in [1.54, 1.807) is 6.92 Å². The molecule has 0 aromatic heterocycles. The minimum atomic E-state index is -0.455. The quantitative estimate of drug-likeness (QED) is 0.476. The molecule has 0 radical (unpaired) electrons. The first-order valence-corrected chi connectivity index (χ1v) is 4.63. The predicted molar refractivity (Wildman–Crippen MR) is 47.4 cm³/mol. The van der Waals surface area contributed by atoms with Gasteiger partial charge < -0.3 is 9.47 Å². The summed E-state index contributed by atoms with van der Waals surface area (Å²) in [5.41, 5.74) is 0. The van der Waals surface area contributed by atoms with Gasteiger partial charge in [0.2, 0.25) is 0 Å². The second kappa shape index (κ2) is 7.37. The SMILES string of the molecule is CCOC(=O)C(CC)OCCCl. The Kier molecular flexibility index (Phi) is 7.20. The number of esters is 1. The van der Waals surface area contributed by atoms with E-state index in [0.29, 0.717) is 25.5 Å². The van der Waals surface area contributed by atoms with Crippen LogP contribution >= 0.6 is 11.6 Å². The summed E-state index contributed by atoms with van der Waals surface area (Å²) in [6, 6.07) is 0. The zero-order valence-electron chi connectivity index (χ0n) is 7.51. The van der Waals surface area contributed by atoms with E-state index in [0.717, 1.165) is 0 Å². The smallest absolute Gasteiger partial charge is 0.335 e. The van der Waals surface area contributed by atoms with Gasteiger partial charge in [0.15, 0.2) is 6.10 Å². The summed E-state index contributed by atoms with van der Waals surface area (Å²) in [5, 5.41) is 0. The fourth-order valence-electron chi connectivity index (χ4n) is 0.775. The molecule has 0 N–H and O–H groups in total. The molecule has 0 bridgehead atoms. The molecule has 72 valence electrons. The number of hydrogen-bond acceptors (Lipinski definition) is 3. The number of halogens is 1. The number of ether oxygens (including phenoxy) is 2. The molecule has 0 spiro atoms. The summed E-state index contributed by atoms with van der Waals surface area (Å²) in [6.07, 6.45) is 0.166. The molecule has 12 heavy (non-hydrogen) atoms. The first-order chi connectivity index (χ1) is 5.76. The van der Waals surface area contributed by atoms with Crippen LogP contribution in [0.25, 0.3) is 0 Å². The Bertz CT molecular complexity index is 127. The van der Waals surface area contributed by atoms with Crippen molar-refractivity contribution >= 4 is 17.6 Å². The summed E-state index contributed by atoms with van der Waals surface area (Å²) in [6.45, 7) is 4.42. The van der Waals surface area contributed by atoms with Crippen LogP contribution in [0.2, 0.25) is 0 Å². The number of carbonyl (C=O) groups excluding carboxylic acids is 1. The second-order valence-corrected chi connectivity index (χ2v) is 2.59. The van der Waals surface area contributed by atoms with Gasteiger partial charge in [-0.3, -0.25) is 0 Å². The van der Waals surface area contributed by atoms with E-state index < -0.39 is 6.10 Å². The van der Waals surface area contributed by atoms with E-state index in [1.807, 2.05) is 6.92 Å². The Morgan fingerprint density at radius 1 is 1.50 bits per heavy atom. The van der Waals surface area contributed by atoms with Crippen LogP contribution in [0.15, 0.2) is 0 Å². The molecule has 0 fully saturated rings. The van der Waals surface area contributed by atoms with Crippen LogP contribution in [0, 0.1) is 0 Å². The molecule has 3 nitrogen and oxygen atoms in total. The standard InChI is InChI=1S/C8H15ClO3/c1-3-7(12-6-5-9)8(10)11-4-2/h7H,3-6H2,1-2H3. The van der Waals surface area contributed by atoms with E-state index in [-0.39, 0.29) is 5.97 Å². The van der Waals surface area contributed by atoms with Crippen molar-refractivity contribution in [1.82, 2.24) is 0 Å². The Labute approximate surface area is 78.0 Å². The van der Waals surface area contributed by atoms with Gasteiger partial charge in [0.25, 0.3) is 0 Å². The van der Waals surface area contributed by atoms with E-state index >= 15 is 0 Å². The van der Waals surface area contributed by atoms with Gasteiger partial charge in [-0.15, -0.1) is 11.6 Å². The number of carbonyl (C=O) groups is 1. The van der Waals surface area contributed by atoms with Gasteiger partial charge in [-0.25, -0.2) is 4.79 Å². The molecule has 0 rings (SSSR count). The van der Waals surface area contributed by atoms with Crippen LogP contribution < -0.4 is 0 Å². The Balaban J connectivity index is 3.71. The van der Waals surface area contributed by atoms with Gasteiger partial charge >= 0.3 is 5.97 Å². The van der Waals surface area contributed by atoms with Gasteiger partial charge in [0.1, 0.15) is 0 Å². The summed E-state index contributed by atoms with van der Waals surface area (Å²) in [4.78, 5) is 11.1. The van der Waals surface area contributed by atoms with Crippen LogP contribution in [0.3, 0.4) is 0 Å². The molecule has 0 aliphatic heterocycles. The van der Waals surface area contributed by atoms with Gasteiger partial charge in [-0.1, -0.05) is 6.92 Å². The molecular weight excluding hydrogens is 180 g/mol. The molecule has 0 saturated heterocycles. The minimum Gasteiger partial charge on any atom is -0.464 e. The Hall–Kier alpha value is -0.280. The van der Waals surface area contributed by atoms with Gasteiger partial charge in [-0.2, -0.15) is 0 Å². The molecular formula is C8H15ClO3. The molecule has 0 aliphatic rings. The molecule has 0 saturated carbocycles. The van der Waals surface area contributed by atoms with Crippen LogP contribution in [0.4, 0.5) is 0 Å². The fourth-order valence-corrected chi connectivity index (χ4v) is 0.864. The fraction of sp³-hybridized carbons (Fsp3) is 0.875. The minimum absolute atomic E-state index is 0.301. The maximum absolute atomic E-state index is 11.1. The van der Waals surface area contributed by atoms with Crippen molar-refractivity contribution in [3.05, 3.63) is 0 Å². The number of hydrogen-bond donors (Lipinski definition) is 0. The lowest BCUT2D eigenvalue weighted by molar-refractivity contribution is -0.156. The highest BCUT2D eigenvalue weighted by molar-refractivity contribution is 6.17. The van der Waals surface area contributed by atoms with E-state index in [4.69, 9.17) is 21.1 Å². The van der Waals surface area contributed by atoms with Crippen molar-refractivity contribution in [1.29, 1.82) is 0 Å². The van der Waals surface area contributed by atoms with Crippen LogP contribution in [-0.2, 0) is 14.3 Å². The van der Waals surface area contributed by atoms with Crippen LogP contribution in [-0.4, -0.2) is 31.2 Å². The van der Waals surface area contributed by atoms with Crippen LogP contribution in [0.1, 0.15) is 20.3 Å². The summed E-state index contributed by atoms with van der Waals surface area (Å²) in [7, 11) is 0. The highest BCUT2D eigenvalue weighted by Crippen LogP contribution is 2.01. The molecule has 0 aliphatic carbocycles. The first-order valence-electron chi connectivity index (χ1n) is 4.10. The average molecular weight is 195 g/mol. The van der Waals surface area contributed by atoms with Crippen molar-refractivity contribution in [2.45, 2.75) is 26.4 Å². The van der Waals surface area contributed by atoms with E-state index in [1.165, 1.54) is 0 Å². The summed E-state index contributed by atoms with van der Waals surface area (Å²) < 4.78 is 9.93. The summed E-state index contributed by atoms with van der Waals surface area (Å²) in [5.74, 6) is 0.0979. The maximum atomic E-state index is 11.1. The van der Waals surface area contributed by atoms with Gasteiger partial charge in [0.05, 0.1) is 13.2 Å². The largest absolute Gasteiger partial charge is 0.464 e. The topological polar surface area (TPSA) is 35.5 Å². The molecule has 1 unspecified atom stereocenters. The lowest BCUT2D eigenvalue weighted by Crippen LogP contribution is -2.26. The van der Waals surface area contributed by atoms with E-state index in [9.17, 15) is 4.79 Å². The second-order valence-electron chi connectivity index (χ2n) is 2.21. The normalized spacial score (nSPS) is 12.6. The third kappa shape index (κ3) is 4.57. The zero-order chi connectivity index (χ0) is 9.40. The molecule has 4 heteroatoms. The van der Waals surface area contributed by atoms with E-state index in [2.05, 4.69) is 0 Å². The summed E-state index contributed by atoms with van der Waals surface area (Å²) >= 11 is 5.41. The van der Waals surface area contributed by atoms with Crippen molar-refractivity contribution in [3.8, 4) is 0 Å². The first kappa shape index (κ1) is 11.7. The van der Waals surface area contributed by atoms with Gasteiger partial charge in [-0.05, 0) is 13.3 Å². The molecule has 1 atom stereocenters. The lowest BCUT2D eigenvalue weighted by Gasteiger charge is -2.13. The molecule has 0 heterocycles. The Morgan fingerprint density at radius 3 is 2.58 bits per heavy atom. The van der Waals surface area contributed by atoms with Crippen LogP contribution in [0.5, 0.6) is 0 Å². The maximum Gasteiger partial charge on any atom is 0.335 e. The highest BCUT2D eigenvalue weighted by atomic mass is 35.5. The monoisotopic (exact) mass is 194 g/mol. The molecule has 0 aromatic carbocycles. The number of alkyl halides is 1. The van der Waals surface area contributed by atoms with Crippen molar-refractivity contribution in [2.75, 3.05) is 19.1 Å². The third-order valence-corrected chi connectivity index (χ3v) is 1.47. The van der Waals surface area contributed by atoms with Crippen molar-refractivity contribution in [2.24, 2.45) is 0 Å². The molecule has 0 amide bonds. The van der Waals surface area contributed by atoms with Crippen molar-refractivity contribution < 1.29 is 14.3 Å². The van der Waals surface area contributed by atoms with Gasteiger partial charge in [0, 0.05) is 5.88 Å². The lowest BCUT2D eigenvalue weighted by atomic mass is 10.3. The highest BCUT2D eigenvalue weighted by Gasteiger charge is 2.17. The van der Waals surface area contributed by atoms with Crippen molar-refractivity contribution in [3.63, 3.8) is 0 Å². The average Bonchev–Trinajstić information content (AvgIpc) is 2.06. The number of rotatable bonds is 6. The Morgan fingerprint density at radius 2 is 2.17 bits per heavy atom.